The third kappa shape index (κ3) is 6.18. The average molecular weight is 854 g/mol. The highest BCUT2D eigenvalue weighted by Crippen LogP contribution is 2.61. The zero-order valence-corrected chi connectivity index (χ0v) is 36.7. The van der Waals surface area contributed by atoms with Gasteiger partial charge in [-0.25, -0.2) is 0 Å². The van der Waals surface area contributed by atoms with Crippen LogP contribution >= 0.6 is 0 Å². The van der Waals surface area contributed by atoms with Crippen molar-refractivity contribution >= 4 is 49.8 Å². The molecule has 0 bridgehead atoms. The molecule has 0 radical (unpaired) electrons. The van der Waals surface area contributed by atoms with Gasteiger partial charge in [0, 0.05) is 33.4 Å². The van der Waals surface area contributed by atoms with E-state index in [1.807, 2.05) is 12.1 Å². The molecular formula is C65H43NO. The normalized spacial score (nSPS) is 12.6. The third-order valence-electron chi connectivity index (χ3n) is 13.9. The standard InChI is InChI=1S/C65H43NO/c1-5-18-44(19-6-1)45-32-36-51(37-33-45)66(52-38-34-47(35-39-52)55-29-17-30-57-56-28-15-16-31-61(56)67-64(55)57)53-40-41-58-60(43-53)65(49-23-9-3-10-24-49,50-25-11-4-12-26-50)63-54-27-14-13-22-48(54)42-59(62(58)63)46-20-7-2-8-21-46/h1-43H. The molecule has 11 aromatic carbocycles. The van der Waals surface area contributed by atoms with Crippen molar-refractivity contribution in [3.63, 3.8) is 0 Å². The molecule has 0 N–H and O–H groups in total. The van der Waals surface area contributed by atoms with Crippen LogP contribution in [0.5, 0.6) is 0 Å². The zero-order chi connectivity index (χ0) is 44.3. The summed E-state index contributed by atoms with van der Waals surface area (Å²) < 4.78 is 6.52. The lowest BCUT2D eigenvalue weighted by Gasteiger charge is -2.35. The number of anilines is 3. The van der Waals surface area contributed by atoms with Crippen molar-refractivity contribution in [3.05, 3.63) is 283 Å². The molecule has 13 rings (SSSR count). The fourth-order valence-electron chi connectivity index (χ4n) is 11.0. The Labute approximate surface area is 390 Å². The average Bonchev–Trinajstić information content (AvgIpc) is 3.94. The molecule has 12 aromatic rings. The van der Waals surface area contributed by atoms with Crippen LogP contribution in [0.15, 0.2) is 265 Å². The van der Waals surface area contributed by atoms with Gasteiger partial charge >= 0.3 is 0 Å². The minimum Gasteiger partial charge on any atom is -0.455 e. The molecule has 2 nitrogen and oxygen atoms in total. The molecule has 0 fully saturated rings. The summed E-state index contributed by atoms with van der Waals surface area (Å²) in [6.07, 6.45) is 0. The lowest BCUT2D eigenvalue weighted by atomic mass is 9.66. The highest BCUT2D eigenvalue weighted by Gasteiger charge is 2.48. The van der Waals surface area contributed by atoms with E-state index >= 15 is 0 Å². The SMILES string of the molecule is c1ccc(-c2ccc(N(c3ccc(-c4cccc5c4oc4ccccc45)cc3)c3ccc4c(c3)C(c3ccccc3)(c3ccccc3)c3c-4c(-c4ccccc4)cc4ccccc34)cc2)cc1. The van der Waals surface area contributed by atoms with E-state index in [1.54, 1.807) is 0 Å². The smallest absolute Gasteiger partial charge is 0.143 e. The summed E-state index contributed by atoms with van der Waals surface area (Å²) in [4.78, 5) is 2.42. The van der Waals surface area contributed by atoms with E-state index in [0.29, 0.717) is 0 Å². The van der Waals surface area contributed by atoms with Crippen LogP contribution in [0.25, 0.3) is 77.2 Å². The van der Waals surface area contributed by atoms with Crippen molar-refractivity contribution in [2.45, 2.75) is 5.41 Å². The van der Waals surface area contributed by atoms with Crippen LogP contribution in [-0.4, -0.2) is 0 Å². The van der Waals surface area contributed by atoms with Crippen LogP contribution in [0.4, 0.5) is 17.1 Å². The van der Waals surface area contributed by atoms with Gasteiger partial charge in [0.25, 0.3) is 0 Å². The van der Waals surface area contributed by atoms with Gasteiger partial charge in [-0.2, -0.15) is 0 Å². The van der Waals surface area contributed by atoms with Gasteiger partial charge in [-0.3, -0.25) is 0 Å². The molecule has 0 saturated heterocycles. The van der Waals surface area contributed by atoms with E-state index in [4.69, 9.17) is 4.42 Å². The van der Waals surface area contributed by atoms with E-state index < -0.39 is 5.41 Å². The second-order valence-electron chi connectivity index (χ2n) is 17.5. The van der Waals surface area contributed by atoms with E-state index in [-0.39, 0.29) is 0 Å². The largest absolute Gasteiger partial charge is 0.455 e. The molecule has 0 amide bonds. The van der Waals surface area contributed by atoms with Gasteiger partial charge in [-0.1, -0.05) is 212 Å². The van der Waals surface area contributed by atoms with Crippen molar-refractivity contribution in [1.82, 2.24) is 0 Å². The molecule has 1 aliphatic carbocycles. The Morgan fingerprint density at radius 2 is 0.836 bits per heavy atom. The molecule has 0 aliphatic heterocycles. The van der Waals surface area contributed by atoms with Crippen LogP contribution < -0.4 is 4.90 Å². The Morgan fingerprint density at radius 3 is 1.51 bits per heavy atom. The molecule has 314 valence electrons. The first-order valence-electron chi connectivity index (χ1n) is 23.1. The molecule has 2 heteroatoms. The summed E-state index contributed by atoms with van der Waals surface area (Å²) in [6.45, 7) is 0. The van der Waals surface area contributed by atoms with Crippen LogP contribution in [0.1, 0.15) is 22.3 Å². The number of para-hydroxylation sites is 2. The number of nitrogens with zero attached hydrogens (tertiary/aromatic N) is 1. The lowest BCUT2D eigenvalue weighted by molar-refractivity contribution is 0.670. The van der Waals surface area contributed by atoms with Gasteiger partial charge in [0.05, 0.1) is 5.41 Å². The molecule has 0 unspecified atom stereocenters. The van der Waals surface area contributed by atoms with Gasteiger partial charge in [0.2, 0.25) is 0 Å². The Morgan fingerprint density at radius 1 is 0.328 bits per heavy atom. The van der Waals surface area contributed by atoms with Crippen molar-refractivity contribution in [1.29, 1.82) is 0 Å². The summed E-state index contributed by atoms with van der Waals surface area (Å²) in [5.74, 6) is 0. The van der Waals surface area contributed by atoms with Gasteiger partial charge in [0.1, 0.15) is 11.2 Å². The number of hydrogen-bond donors (Lipinski definition) is 0. The van der Waals surface area contributed by atoms with Crippen molar-refractivity contribution < 1.29 is 4.42 Å². The number of hydrogen-bond acceptors (Lipinski definition) is 2. The quantitative estimate of drug-likeness (QED) is 0.151. The van der Waals surface area contributed by atoms with E-state index in [0.717, 1.165) is 50.1 Å². The van der Waals surface area contributed by atoms with Crippen LogP contribution in [-0.2, 0) is 5.41 Å². The number of furan rings is 1. The number of benzene rings is 11. The highest BCUT2D eigenvalue weighted by atomic mass is 16.3. The summed E-state index contributed by atoms with van der Waals surface area (Å²) >= 11 is 0. The van der Waals surface area contributed by atoms with Crippen LogP contribution in [0, 0.1) is 0 Å². The summed E-state index contributed by atoms with van der Waals surface area (Å²) in [6, 6.07) is 95.2. The van der Waals surface area contributed by atoms with Gasteiger partial charge < -0.3 is 9.32 Å². The maximum absolute atomic E-state index is 6.52. The van der Waals surface area contributed by atoms with Crippen molar-refractivity contribution in [2.24, 2.45) is 0 Å². The van der Waals surface area contributed by atoms with Gasteiger partial charge in [0.15, 0.2) is 0 Å². The molecule has 67 heavy (non-hydrogen) atoms. The first-order valence-corrected chi connectivity index (χ1v) is 23.1. The van der Waals surface area contributed by atoms with Crippen molar-refractivity contribution in [2.75, 3.05) is 4.90 Å². The van der Waals surface area contributed by atoms with Crippen LogP contribution in [0.2, 0.25) is 0 Å². The van der Waals surface area contributed by atoms with Gasteiger partial charge in [-0.05, 0) is 121 Å². The maximum atomic E-state index is 6.52. The Bertz CT molecular complexity index is 3720. The van der Waals surface area contributed by atoms with Crippen molar-refractivity contribution in [3.8, 4) is 44.5 Å². The summed E-state index contributed by atoms with van der Waals surface area (Å²) in [5, 5.41) is 4.74. The monoisotopic (exact) mass is 853 g/mol. The highest BCUT2D eigenvalue weighted by molar-refractivity contribution is 6.10. The lowest BCUT2D eigenvalue weighted by Crippen LogP contribution is -2.29. The fraction of sp³-hybridized carbons (Fsp3) is 0.0154. The zero-order valence-electron chi connectivity index (χ0n) is 36.7. The Kier molecular flexibility index (Phi) is 9.11. The fourth-order valence-corrected chi connectivity index (χ4v) is 11.0. The predicted molar refractivity (Wildman–Crippen MR) is 280 cm³/mol. The first-order chi connectivity index (χ1) is 33.2. The Balaban J connectivity index is 1.06. The predicted octanol–water partition coefficient (Wildman–Crippen LogP) is 17.6. The molecule has 1 aromatic heterocycles. The Hall–Kier alpha value is -8.72. The minimum atomic E-state index is -0.647. The minimum absolute atomic E-state index is 0.647. The molecular weight excluding hydrogens is 811 g/mol. The maximum Gasteiger partial charge on any atom is 0.143 e. The first kappa shape index (κ1) is 38.7. The van der Waals surface area contributed by atoms with E-state index in [9.17, 15) is 0 Å². The molecule has 1 aliphatic rings. The van der Waals surface area contributed by atoms with E-state index in [1.165, 1.54) is 66.4 Å². The molecule has 0 spiro atoms. The number of rotatable bonds is 8. The van der Waals surface area contributed by atoms with E-state index in [2.05, 4.69) is 254 Å². The molecule has 1 heterocycles. The molecule has 0 saturated carbocycles. The third-order valence-corrected chi connectivity index (χ3v) is 13.9. The second kappa shape index (κ2) is 15.8. The molecule has 0 atom stereocenters. The summed E-state index contributed by atoms with van der Waals surface area (Å²) in [5.41, 5.74) is 18.9. The van der Waals surface area contributed by atoms with Crippen LogP contribution in [0.3, 0.4) is 0 Å². The number of fused-ring (bicyclic) bond motifs is 8. The second-order valence-corrected chi connectivity index (χ2v) is 17.5. The summed E-state index contributed by atoms with van der Waals surface area (Å²) in [7, 11) is 0. The van der Waals surface area contributed by atoms with Gasteiger partial charge in [-0.15, -0.1) is 0 Å². The topological polar surface area (TPSA) is 16.4 Å².